The van der Waals surface area contributed by atoms with Crippen molar-refractivity contribution in [1.29, 1.82) is 0 Å². The average Bonchev–Trinajstić information content (AvgIpc) is 3.18. The molecule has 1 amide bonds. The molecule has 1 aromatic heterocycles. The Morgan fingerprint density at radius 2 is 1.85 bits per heavy atom. The summed E-state index contributed by atoms with van der Waals surface area (Å²) < 4.78 is 39.9. The number of carbonyl (C=O) groups is 1. The second-order valence-corrected chi connectivity index (χ2v) is 9.15. The van der Waals surface area contributed by atoms with Gasteiger partial charge in [0, 0.05) is 17.0 Å². The van der Waals surface area contributed by atoms with Crippen LogP contribution in [0, 0.1) is 12.7 Å². The lowest BCUT2D eigenvalue weighted by atomic mass is 10.2. The predicted molar refractivity (Wildman–Crippen MR) is 104 cm³/mol. The zero-order valence-electron chi connectivity index (χ0n) is 14.6. The smallest absolute Gasteiger partial charge is 0.251 e. The van der Waals surface area contributed by atoms with Crippen molar-refractivity contribution in [3.05, 3.63) is 87.9 Å². The zero-order valence-corrected chi connectivity index (χ0v) is 16.2. The number of hydrogen-bond acceptors (Lipinski definition) is 4. The van der Waals surface area contributed by atoms with E-state index in [2.05, 4.69) is 5.32 Å². The molecule has 0 bridgehead atoms. The van der Waals surface area contributed by atoms with Crippen LogP contribution in [-0.2, 0) is 9.84 Å². The number of sulfone groups is 1. The molecule has 0 spiro atoms. The van der Waals surface area contributed by atoms with Gasteiger partial charge in [0.05, 0.1) is 4.90 Å². The molecule has 3 aromatic rings. The van der Waals surface area contributed by atoms with E-state index in [1.807, 2.05) is 0 Å². The summed E-state index contributed by atoms with van der Waals surface area (Å²) in [5, 5.41) is 3.54. The number of rotatable bonds is 6. The van der Waals surface area contributed by atoms with E-state index in [0.717, 1.165) is 6.07 Å². The van der Waals surface area contributed by atoms with Crippen LogP contribution in [-0.4, -0.2) is 20.9 Å². The Morgan fingerprint density at radius 3 is 2.48 bits per heavy atom. The van der Waals surface area contributed by atoms with Crippen LogP contribution in [0.2, 0.25) is 0 Å². The summed E-state index contributed by atoms with van der Waals surface area (Å²) in [5.74, 6) is -0.804. The van der Waals surface area contributed by atoms with Gasteiger partial charge in [0.15, 0.2) is 9.84 Å². The van der Waals surface area contributed by atoms with Crippen molar-refractivity contribution in [3.63, 3.8) is 0 Å². The van der Waals surface area contributed by atoms with Gasteiger partial charge >= 0.3 is 0 Å². The molecule has 1 heterocycles. The van der Waals surface area contributed by atoms with Gasteiger partial charge in [-0.1, -0.05) is 24.3 Å². The standard InChI is InChI=1S/C20H18FNO3S2/c1-14-12-16(9-10-17(14)21)27(24,25)19(18-8-5-11-26-18)13-22-20(23)15-6-3-2-4-7-15/h2-12,19H,13H2,1H3,(H,22,23)/t19-/m1/s1. The molecule has 0 fully saturated rings. The molecule has 1 atom stereocenters. The number of halogens is 1. The summed E-state index contributed by atoms with van der Waals surface area (Å²) >= 11 is 1.30. The van der Waals surface area contributed by atoms with Crippen molar-refractivity contribution >= 4 is 27.1 Å². The molecule has 0 aliphatic carbocycles. The van der Waals surface area contributed by atoms with E-state index < -0.39 is 20.9 Å². The highest BCUT2D eigenvalue weighted by Gasteiger charge is 2.31. The summed E-state index contributed by atoms with van der Waals surface area (Å²) in [6.45, 7) is 1.44. The first kappa shape index (κ1) is 19.3. The Bertz CT molecular complexity index is 1030. The molecule has 0 aliphatic heterocycles. The fraction of sp³-hybridized carbons (Fsp3) is 0.150. The van der Waals surface area contributed by atoms with Gasteiger partial charge in [0.25, 0.3) is 5.91 Å². The Morgan fingerprint density at radius 1 is 1.11 bits per heavy atom. The summed E-state index contributed by atoms with van der Waals surface area (Å²) in [6.07, 6.45) is 0. The van der Waals surface area contributed by atoms with Crippen LogP contribution in [0.4, 0.5) is 4.39 Å². The number of amides is 1. The Kier molecular flexibility index (Phi) is 5.72. The second kappa shape index (κ2) is 8.02. The van der Waals surface area contributed by atoms with Crippen LogP contribution in [0.15, 0.2) is 70.9 Å². The van der Waals surface area contributed by atoms with E-state index in [1.54, 1.807) is 47.8 Å². The van der Waals surface area contributed by atoms with Crippen LogP contribution in [0.25, 0.3) is 0 Å². The zero-order chi connectivity index (χ0) is 19.4. The Balaban J connectivity index is 1.90. The lowest BCUT2D eigenvalue weighted by Crippen LogP contribution is -2.31. The fourth-order valence-corrected chi connectivity index (χ4v) is 5.54. The highest BCUT2D eigenvalue weighted by Crippen LogP contribution is 2.32. The van der Waals surface area contributed by atoms with E-state index >= 15 is 0 Å². The van der Waals surface area contributed by atoms with Gasteiger partial charge in [-0.05, 0) is 54.3 Å². The lowest BCUT2D eigenvalue weighted by molar-refractivity contribution is 0.0953. The highest BCUT2D eigenvalue weighted by molar-refractivity contribution is 7.91. The van der Waals surface area contributed by atoms with Crippen LogP contribution in [0.1, 0.15) is 26.0 Å². The molecule has 4 nitrogen and oxygen atoms in total. The van der Waals surface area contributed by atoms with Crippen molar-refractivity contribution < 1.29 is 17.6 Å². The summed E-state index contributed by atoms with van der Waals surface area (Å²) in [7, 11) is -3.81. The molecule has 0 saturated carbocycles. The quantitative estimate of drug-likeness (QED) is 0.629. The maximum atomic E-state index is 13.6. The van der Waals surface area contributed by atoms with Gasteiger partial charge in [-0.3, -0.25) is 4.79 Å². The molecule has 27 heavy (non-hydrogen) atoms. The number of nitrogens with one attached hydrogen (secondary N) is 1. The van der Waals surface area contributed by atoms with Crippen molar-refractivity contribution in [2.45, 2.75) is 17.1 Å². The van der Waals surface area contributed by atoms with Crippen LogP contribution in [0.3, 0.4) is 0 Å². The predicted octanol–water partition coefficient (Wildman–Crippen LogP) is 4.14. The van der Waals surface area contributed by atoms with Crippen molar-refractivity contribution in [3.8, 4) is 0 Å². The third-order valence-corrected chi connectivity index (χ3v) is 7.39. The summed E-state index contributed by atoms with van der Waals surface area (Å²) in [4.78, 5) is 13.0. The molecule has 0 aliphatic rings. The number of thiophene rings is 1. The van der Waals surface area contributed by atoms with Gasteiger partial charge in [-0.15, -0.1) is 11.3 Å². The average molecular weight is 404 g/mol. The molecular formula is C20H18FNO3S2. The first-order valence-electron chi connectivity index (χ1n) is 8.26. The van der Waals surface area contributed by atoms with E-state index in [-0.39, 0.29) is 22.9 Å². The maximum Gasteiger partial charge on any atom is 0.251 e. The monoisotopic (exact) mass is 403 g/mol. The van der Waals surface area contributed by atoms with Gasteiger partial charge in [-0.2, -0.15) is 0 Å². The van der Waals surface area contributed by atoms with Crippen LogP contribution >= 0.6 is 11.3 Å². The van der Waals surface area contributed by atoms with Crippen molar-refractivity contribution in [2.24, 2.45) is 0 Å². The van der Waals surface area contributed by atoms with Crippen LogP contribution in [0.5, 0.6) is 0 Å². The van der Waals surface area contributed by atoms with Gasteiger partial charge < -0.3 is 5.32 Å². The third-order valence-electron chi connectivity index (χ3n) is 4.18. The van der Waals surface area contributed by atoms with E-state index in [9.17, 15) is 17.6 Å². The largest absolute Gasteiger partial charge is 0.350 e. The highest BCUT2D eigenvalue weighted by atomic mass is 32.2. The SMILES string of the molecule is Cc1cc(S(=O)(=O)[C@H](CNC(=O)c2ccccc2)c2cccs2)ccc1F. The molecule has 0 saturated heterocycles. The van der Waals surface area contributed by atoms with Crippen LogP contribution < -0.4 is 5.32 Å². The minimum Gasteiger partial charge on any atom is -0.350 e. The molecule has 7 heteroatoms. The molecule has 0 unspecified atom stereocenters. The minimum atomic E-state index is -3.81. The Labute approximate surface area is 161 Å². The molecule has 140 valence electrons. The van der Waals surface area contributed by atoms with E-state index in [4.69, 9.17) is 0 Å². The number of aryl methyl sites for hydroxylation is 1. The molecule has 0 radical (unpaired) electrons. The first-order chi connectivity index (χ1) is 12.9. The Hall–Kier alpha value is -2.51. The second-order valence-electron chi connectivity index (χ2n) is 6.04. The topological polar surface area (TPSA) is 63.2 Å². The van der Waals surface area contributed by atoms with Crippen molar-refractivity contribution in [2.75, 3.05) is 6.54 Å². The normalized spacial score (nSPS) is 12.5. The van der Waals surface area contributed by atoms with Gasteiger partial charge in [0.2, 0.25) is 0 Å². The molecule has 1 N–H and O–H groups in total. The maximum absolute atomic E-state index is 13.6. The van der Waals surface area contributed by atoms with Crippen molar-refractivity contribution in [1.82, 2.24) is 5.32 Å². The number of carbonyl (C=O) groups excluding carboxylic acids is 1. The third kappa shape index (κ3) is 4.26. The fourth-order valence-electron chi connectivity index (χ4n) is 2.67. The van der Waals surface area contributed by atoms with Gasteiger partial charge in [0.1, 0.15) is 11.1 Å². The number of hydrogen-bond donors (Lipinski definition) is 1. The minimum absolute atomic E-state index is 0.0359. The summed E-state index contributed by atoms with van der Waals surface area (Å²) in [5.41, 5.74) is 0.715. The lowest BCUT2D eigenvalue weighted by Gasteiger charge is -2.18. The molecule has 2 aromatic carbocycles. The molecular weight excluding hydrogens is 385 g/mol. The summed E-state index contributed by atoms with van der Waals surface area (Å²) in [6, 6.07) is 15.8. The first-order valence-corrected chi connectivity index (χ1v) is 10.7. The van der Waals surface area contributed by atoms with Gasteiger partial charge in [-0.25, -0.2) is 12.8 Å². The van der Waals surface area contributed by atoms with E-state index in [0.29, 0.717) is 10.4 Å². The number of benzene rings is 2. The van der Waals surface area contributed by atoms with E-state index in [1.165, 1.54) is 30.4 Å². The molecule has 3 rings (SSSR count).